The summed E-state index contributed by atoms with van der Waals surface area (Å²) < 4.78 is 0. The summed E-state index contributed by atoms with van der Waals surface area (Å²) in [7, 11) is 0. The van der Waals surface area contributed by atoms with E-state index in [0.29, 0.717) is 5.56 Å². The lowest BCUT2D eigenvalue weighted by atomic mass is 9.94. The average Bonchev–Trinajstić information content (AvgIpc) is 2.67. The average molecular weight is 192 g/mol. The number of aliphatic imine (C=N–C) groups is 1. The standard InChI is InChI=1S/C13H8N2/c14-8-9-4-3-7-12-13(9)10-5-1-2-6-11(10)15-12/h1-5,7H,6H2. The van der Waals surface area contributed by atoms with Gasteiger partial charge in [-0.2, -0.15) is 5.26 Å². The van der Waals surface area contributed by atoms with E-state index in [-0.39, 0.29) is 0 Å². The van der Waals surface area contributed by atoms with E-state index in [1.54, 1.807) is 0 Å². The predicted molar refractivity (Wildman–Crippen MR) is 60.0 cm³/mol. The van der Waals surface area contributed by atoms with Gasteiger partial charge in [0, 0.05) is 17.6 Å². The summed E-state index contributed by atoms with van der Waals surface area (Å²) in [6.45, 7) is 0. The molecule has 0 unspecified atom stereocenters. The molecule has 2 aliphatic rings. The van der Waals surface area contributed by atoms with E-state index in [1.165, 1.54) is 0 Å². The van der Waals surface area contributed by atoms with Gasteiger partial charge in [-0.1, -0.05) is 24.3 Å². The van der Waals surface area contributed by atoms with Crippen molar-refractivity contribution < 1.29 is 0 Å². The highest BCUT2D eigenvalue weighted by atomic mass is 14.8. The molecule has 15 heavy (non-hydrogen) atoms. The Hall–Kier alpha value is -2.14. The van der Waals surface area contributed by atoms with E-state index in [2.05, 4.69) is 17.1 Å². The number of hydrogen-bond acceptors (Lipinski definition) is 2. The summed E-state index contributed by atoms with van der Waals surface area (Å²) in [6, 6.07) is 7.91. The minimum absolute atomic E-state index is 0.716. The van der Waals surface area contributed by atoms with Crippen molar-refractivity contribution in [3.63, 3.8) is 0 Å². The van der Waals surface area contributed by atoms with Gasteiger partial charge >= 0.3 is 0 Å². The van der Waals surface area contributed by atoms with E-state index >= 15 is 0 Å². The van der Waals surface area contributed by atoms with Crippen molar-refractivity contribution in [3.05, 3.63) is 47.6 Å². The molecule has 2 nitrogen and oxygen atoms in total. The Morgan fingerprint density at radius 1 is 1.33 bits per heavy atom. The summed E-state index contributed by atoms with van der Waals surface area (Å²) in [5, 5.41) is 9.05. The van der Waals surface area contributed by atoms with Crippen LogP contribution in [0.1, 0.15) is 17.5 Å². The highest BCUT2D eigenvalue weighted by Gasteiger charge is 2.23. The van der Waals surface area contributed by atoms with Gasteiger partial charge in [-0.15, -0.1) is 0 Å². The number of hydrogen-bond donors (Lipinski definition) is 0. The monoisotopic (exact) mass is 192 g/mol. The Morgan fingerprint density at radius 2 is 2.27 bits per heavy atom. The normalized spacial score (nSPS) is 16.2. The van der Waals surface area contributed by atoms with E-state index in [0.717, 1.165) is 29.0 Å². The second-order valence-corrected chi connectivity index (χ2v) is 3.58. The number of nitriles is 1. The zero-order valence-electron chi connectivity index (χ0n) is 8.07. The van der Waals surface area contributed by atoms with Gasteiger partial charge in [0.25, 0.3) is 0 Å². The molecular formula is C13H8N2. The van der Waals surface area contributed by atoms with E-state index < -0.39 is 0 Å². The molecule has 0 amide bonds. The molecule has 3 rings (SSSR count). The third kappa shape index (κ3) is 1.07. The van der Waals surface area contributed by atoms with Crippen molar-refractivity contribution >= 4 is 17.0 Å². The molecule has 0 N–H and O–H groups in total. The molecule has 0 saturated heterocycles. The Bertz CT molecular complexity index is 569. The first kappa shape index (κ1) is 8.19. The summed E-state index contributed by atoms with van der Waals surface area (Å²) >= 11 is 0. The van der Waals surface area contributed by atoms with Crippen LogP contribution in [-0.2, 0) is 0 Å². The van der Waals surface area contributed by atoms with Gasteiger partial charge in [0.1, 0.15) is 0 Å². The Balaban J connectivity index is 2.31. The van der Waals surface area contributed by atoms with Crippen LogP contribution in [0.25, 0.3) is 5.57 Å². The molecule has 1 heterocycles. The van der Waals surface area contributed by atoms with Crippen LogP contribution >= 0.6 is 0 Å². The van der Waals surface area contributed by atoms with Crippen LogP contribution in [0.5, 0.6) is 0 Å². The molecule has 0 saturated carbocycles. The summed E-state index contributed by atoms with van der Waals surface area (Å²) in [4.78, 5) is 4.53. The van der Waals surface area contributed by atoms with E-state index in [4.69, 9.17) is 5.26 Å². The van der Waals surface area contributed by atoms with Gasteiger partial charge in [-0.05, 0) is 12.1 Å². The Morgan fingerprint density at radius 3 is 3.13 bits per heavy atom. The number of benzene rings is 1. The van der Waals surface area contributed by atoms with Crippen LogP contribution in [0, 0.1) is 11.3 Å². The topological polar surface area (TPSA) is 36.1 Å². The van der Waals surface area contributed by atoms with Crippen LogP contribution in [-0.4, -0.2) is 5.71 Å². The van der Waals surface area contributed by atoms with Crippen LogP contribution in [0.2, 0.25) is 0 Å². The molecule has 70 valence electrons. The van der Waals surface area contributed by atoms with Crippen molar-refractivity contribution in [3.8, 4) is 6.07 Å². The number of allylic oxidation sites excluding steroid dienone is 4. The molecule has 0 aromatic heterocycles. The first-order valence-electron chi connectivity index (χ1n) is 4.88. The first-order chi connectivity index (χ1) is 7.40. The second-order valence-electron chi connectivity index (χ2n) is 3.58. The minimum atomic E-state index is 0.716. The van der Waals surface area contributed by atoms with E-state index in [9.17, 15) is 0 Å². The van der Waals surface area contributed by atoms with Crippen molar-refractivity contribution in [1.82, 2.24) is 0 Å². The largest absolute Gasteiger partial charge is 0.252 e. The lowest BCUT2D eigenvalue weighted by Crippen LogP contribution is -1.99. The molecule has 0 atom stereocenters. The fraction of sp³-hybridized carbons (Fsp3) is 0.0769. The van der Waals surface area contributed by atoms with Crippen LogP contribution in [0.3, 0.4) is 0 Å². The number of rotatable bonds is 0. The molecule has 1 aromatic carbocycles. The minimum Gasteiger partial charge on any atom is -0.252 e. The van der Waals surface area contributed by atoms with Gasteiger partial charge in [-0.25, -0.2) is 0 Å². The Labute approximate surface area is 87.9 Å². The van der Waals surface area contributed by atoms with Gasteiger partial charge in [-0.3, -0.25) is 4.99 Å². The molecule has 2 heteroatoms. The molecule has 0 fully saturated rings. The zero-order valence-corrected chi connectivity index (χ0v) is 8.07. The van der Waals surface area contributed by atoms with Gasteiger partial charge < -0.3 is 0 Å². The summed E-state index contributed by atoms with van der Waals surface area (Å²) in [5.41, 5.74) is 4.84. The zero-order chi connectivity index (χ0) is 10.3. The summed E-state index contributed by atoms with van der Waals surface area (Å²) in [5.74, 6) is 0. The molecule has 1 aliphatic heterocycles. The number of nitrogens with zero attached hydrogens (tertiary/aromatic N) is 2. The van der Waals surface area contributed by atoms with Crippen LogP contribution < -0.4 is 0 Å². The fourth-order valence-corrected chi connectivity index (χ4v) is 2.04. The van der Waals surface area contributed by atoms with Gasteiger partial charge in [0.2, 0.25) is 0 Å². The van der Waals surface area contributed by atoms with Crippen LogP contribution in [0.15, 0.2) is 41.4 Å². The molecule has 1 aromatic rings. The van der Waals surface area contributed by atoms with Crippen LogP contribution in [0.4, 0.5) is 5.69 Å². The Kier molecular flexibility index (Phi) is 1.60. The maximum Gasteiger partial charge on any atom is 0.0999 e. The lowest BCUT2D eigenvalue weighted by molar-refractivity contribution is 1.44. The van der Waals surface area contributed by atoms with E-state index in [1.807, 2.05) is 30.4 Å². The predicted octanol–water partition coefficient (Wildman–Crippen LogP) is 2.99. The smallest absolute Gasteiger partial charge is 0.0999 e. The molecule has 0 spiro atoms. The first-order valence-corrected chi connectivity index (χ1v) is 4.88. The van der Waals surface area contributed by atoms with Gasteiger partial charge in [0.05, 0.1) is 23.0 Å². The fourth-order valence-electron chi connectivity index (χ4n) is 2.04. The van der Waals surface area contributed by atoms with Crippen molar-refractivity contribution in [2.75, 3.05) is 0 Å². The third-order valence-electron chi connectivity index (χ3n) is 2.71. The molecule has 1 aliphatic carbocycles. The maximum atomic E-state index is 9.05. The molecule has 0 bridgehead atoms. The quantitative estimate of drug-likeness (QED) is 0.622. The SMILES string of the molecule is N#Cc1cccc2c1C1=CC=CCC1=N2. The van der Waals surface area contributed by atoms with Gasteiger partial charge in [0.15, 0.2) is 0 Å². The summed E-state index contributed by atoms with van der Waals surface area (Å²) in [6.07, 6.45) is 7.01. The van der Waals surface area contributed by atoms with Crippen molar-refractivity contribution in [2.45, 2.75) is 6.42 Å². The third-order valence-corrected chi connectivity index (χ3v) is 2.71. The second kappa shape index (κ2) is 2.93. The molecular weight excluding hydrogens is 184 g/mol. The molecule has 0 radical (unpaired) electrons. The lowest BCUT2D eigenvalue weighted by Gasteiger charge is -2.06. The number of fused-ring (bicyclic) bond motifs is 3. The van der Waals surface area contributed by atoms with Crippen molar-refractivity contribution in [2.24, 2.45) is 4.99 Å². The maximum absolute atomic E-state index is 9.05. The highest BCUT2D eigenvalue weighted by Crippen LogP contribution is 2.39. The van der Waals surface area contributed by atoms with Crippen molar-refractivity contribution in [1.29, 1.82) is 5.26 Å². The highest BCUT2D eigenvalue weighted by molar-refractivity contribution is 6.30.